The second-order valence-corrected chi connectivity index (χ2v) is 9.29. The van der Waals surface area contributed by atoms with Crippen LogP contribution in [0.2, 0.25) is 0 Å². The number of nitrogens with zero attached hydrogens (tertiary/aromatic N) is 3. The highest BCUT2D eigenvalue weighted by atomic mass is 32.2. The molecule has 0 spiro atoms. The summed E-state index contributed by atoms with van der Waals surface area (Å²) in [6.07, 6.45) is 4.33. The number of hydrogen-bond acceptors (Lipinski definition) is 4. The van der Waals surface area contributed by atoms with Crippen LogP contribution in [0.25, 0.3) is 16.6 Å². The summed E-state index contributed by atoms with van der Waals surface area (Å²) < 4.78 is 15.7. The summed E-state index contributed by atoms with van der Waals surface area (Å²) >= 11 is 1.25. The van der Waals surface area contributed by atoms with Gasteiger partial charge in [-0.15, -0.1) is 0 Å². The van der Waals surface area contributed by atoms with Gasteiger partial charge in [0, 0.05) is 13.1 Å². The first-order valence-electron chi connectivity index (χ1n) is 10.7. The van der Waals surface area contributed by atoms with E-state index in [1.54, 1.807) is 37.3 Å². The lowest BCUT2D eigenvalue weighted by atomic mass is 10.2. The zero-order valence-electron chi connectivity index (χ0n) is 17.8. The van der Waals surface area contributed by atoms with Gasteiger partial charge < -0.3 is 4.90 Å². The Hall–Kier alpha value is -2.67. The Labute approximate surface area is 185 Å². The molecule has 0 radical (unpaired) electrons. The molecule has 162 valence electrons. The largest absolute Gasteiger partial charge is 0.342 e. The molecule has 1 unspecified atom stereocenters. The van der Waals surface area contributed by atoms with Crippen molar-refractivity contribution in [1.29, 1.82) is 0 Å². The van der Waals surface area contributed by atoms with E-state index in [0.29, 0.717) is 27.3 Å². The van der Waals surface area contributed by atoms with E-state index in [-0.39, 0.29) is 17.3 Å². The fourth-order valence-electron chi connectivity index (χ4n) is 3.90. The second-order valence-electron chi connectivity index (χ2n) is 7.99. The molecule has 4 rings (SSSR count). The molecule has 1 aliphatic heterocycles. The van der Waals surface area contributed by atoms with Crippen LogP contribution in [0.4, 0.5) is 4.39 Å². The molecule has 1 aromatic heterocycles. The number of benzene rings is 2. The number of carbonyl (C=O) groups is 1. The zero-order chi connectivity index (χ0) is 22.0. The molecule has 1 saturated heterocycles. The van der Waals surface area contributed by atoms with Crippen LogP contribution in [-0.4, -0.2) is 38.7 Å². The van der Waals surface area contributed by atoms with Gasteiger partial charge in [-0.3, -0.25) is 14.2 Å². The summed E-state index contributed by atoms with van der Waals surface area (Å²) in [5, 5.41) is 0.440. The van der Waals surface area contributed by atoms with E-state index in [0.717, 1.165) is 38.8 Å². The van der Waals surface area contributed by atoms with Crippen molar-refractivity contribution in [2.45, 2.75) is 49.9 Å². The first-order chi connectivity index (χ1) is 15.0. The lowest BCUT2D eigenvalue weighted by molar-refractivity contribution is -0.130. The number of halogens is 1. The maximum absolute atomic E-state index is 14.3. The molecule has 31 heavy (non-hydrogen) atoms. The van der Waals surface area contributed by atoms with Crippen molar-refractivity contribution >= 4 is 28.6 Å². The van der Waals surface area contributed by atoms with Crippen molar-refractivity contribution < 1.29 is 9.18 Å². The van der Waals surface area contributed by atoms with Crippen LogP contribution in [-0.2, 0) is 4.79 Å². The van der Waals surface area contributed by atoms with Crippen molar-refractivity contribution in [3.05, 3.63) is 64.2 Å². The molecule has 3 aromatic rings. The van der Waals surface area contributed by atoms with Gasteiger partial charge in [0.15, 0.2) is 5.16 Å². The van der Waals surface area contributed by atoms with Crippen LogP contribution in [0.15, 0.2) is 52.4 Å². The Morgan fingerprint density at radius 1 is 1.10 bits per heavy atom. The molecule has 2 heterocycles. The molecule has 7 heteroatoms. The van der Waals surface area contributed by atoms with Crippen LogP contribution in [0.5, 0.6) is 0 Å². The average molecular weight is 440 g/mol. The number of aryl methyl sites for hydroxylation is 1. The van der Waals surface area contributed by atoms with E-state index in [4.69, 9.17) is 0 Å². The fraction of sp³-hybridized carbons (Fsp3) is 0.375. The number of carbonyl (C=O) groups excluding carboxylic acids is 1. The summed E-state index contributed by atoms with van der Waals surface area (Å²) in [6, 6.07) is 11.8. The van der Waals surface area contributed by atoms with Gasteiger partial charge >= 0.3 is 0 Å². The maximum Gasteiger partial charge on any atom is 0.266 e. The number of fused-ring (bicyclic) bond motifs is 1. The summed E-state index contributed by atoms with van der Waals surface area (Å²) in [7, 11) is 0. The third kappa shape index (κ3) is 4.51. The lowest BCUT2D eigenvalue weighted by Crippen LogP contribution is -2.37. The molecule has 1 amide bonds. The minimum absolute atomic E-state index is 0.0518. The third-order valence-corrected chi connectivity index (χ3v) is 6.75. The second kappa shape index (κ2) is 9.22. The van der Waals surface area contributed by atoms with E-state index in [2.05, 4.69) is 4.98 Å². The van der Waals surface area contributed by atoms with Gasteiger partial charge in [0.05, 0.1) is 21.8 Å². The molecule has 1 aliphatic rings. The molecule has 0 saturated carbocycles. The van der Waals surface area contributed by atoms with Crippen molar-refractivity contribution in [3.8, 4) is 5.69 Å². The maximum atomic E-state index is 14.3. The molecular formula is C24H26FN3O2S. The summed E-state index contributed by atoms with van der Waals surface area (Å²) in [5.41, 5.74) is 1.20. The highest BCUT2D eigenvalue weighted by Gasteiger charge is 2.25. The Balaban J connectivity index is 1.76. The summed E-state index contributed by atoms with van der Waals surface area (Å²) in [5.74, 6) is -0.335. The van der Waals surface area contributed by atoms with Gasteiger partial charge in [0.1, 0.15) is 5.82 Å². The quantitative estimate of drug-likeness (QED) is 0.436. The lowest BCUT2D eigenvalue weighted by Gasteiger charge is -2.24. The van der Waals surface area contributed by atoms with Gasteiger partial charge in [0.2, 0.25) is 5.91 Å². The van der Waals surface area contributed by atoms with Crippen molar-refractivity contribution in [2.24, 2.45) is 0 Å². The number of para-hydroxylation sites is 1. The Morgan fingerprint density at radius 3 is 2.52 bits per heavy atom. The van der Waals surface area contributed by atoms with Gasteiger partial charge in [-0.2, -0.15) is 0 Å². The molecule has 5 nitrogen and oxygen atoms in total. The van der Waals surface area contributed by atoms with Crippen LogP contribution in [0.3, 0.4) is 0 Å². The topological polar surface area (TPSA) is 55.2 Å². The predicted octanol–water partition coefficient (Wildman–Crippen LogP) is 4.72. The minimum atomic E-state index is -0.410. The SMILES string of the molecule is Cc1ccc(-n2c(SC(C)C(=O)N3CCCCCC3)nc3ccccc3c2=O)cc1F. The van der Waals surface area contributed by atoms with Crippen LogP contribution < -0.4 is 5.56 Å². The molecule has 0 bridgehead atoms. The van der Waals surface area contributed by atoms with E-state index in [1.807, 2.05) is 17.9 Å². The zero-order valence-corrected chi connectivity index (χ0v) is 18.6. The minimum Gasteiger partial charge on any atom is -0.342 e. The van der Waals surface area contributed by atoms with Crippen LogP contribution >= 0.6 is 11.8 Å². The predicted molar refractivity (Wildman–Crippen MR) is 122 cm³/mol. The van der Waals surface area contributed by atoms with Crippen LogP contribution in [0.1, 0.15) is 38.2 Å². The van der Waals surface area contributed by atoms with Crippen molar-refractivity contribution in [3.63, 3.8) is 0 Å². The van der Waals surface area contributed by atoms with E-state index in [1.165, 1.54) is 22.4 Å². The molecule has 1 atom stereocenters. The molecular weight excluding hydrogens is 413 g/mol. The number of amides is 1. The first-order valence-corrected chi connectivity index (χ1v) is 11.6. The normalized spacial score (nSPS) is 15.6. The van der Waals surface area contributed by atoms with Gasteiger partial charge in [-0.1, -0.05) is 42.8 Å². The number of hydrogen-bond donors (Lipinski definition) is 0. The Kier molecular flexibility index (Phi) is 6.41. The summed E-state index contributed by atoms with van der Waals surface area (Å²) in [4.78, 5) is 33.0. The van der Waals surface area contributed by atoms with Crippen molar-refractivity contribution in [1.82, 2.24) is 14.5 Å². The smallest absolute Gasteiger partial charge is 0.266 e. The fourth-order valence-corrected chi connectivity index (χ4v) is 4.91. The number of rotatable bonds is 4. The van der Waals surface area contributed by atoms with Crippen molar-refractivity contribution in [2.75, 3.05) is 13.1 Å². The average Bonchev–Trinajstić information content (AvgIpc) is 3.05. The van der Waals surface area contributed by atoms with E-state index >= 15 is 0 Å². The first kappa shape index (κ1) is 21.6. The van der Waals surface area contributed by atoms with Gasteiger partial charge in [-0.05, 0) is 56.5 Å². The van der Waals surface area contributed by atoms with E-state index in [9.17, 15) is 14.0 Å². The van der Waals surface area contributed by atoms with Gasteiger partial charge in [0.25, 0.3) is 5.56 Å². The molecule has 2 aromatic carbocycles. The molecule has 0 N–H and O–H groups in total. The third-order valence-electron chi connectivity index (χ3n) is 5.71. The van der Waals surface area contributed by atoms with E-state index < -0.39 is 5.25 Å². The Morgan fingerprint density at radius 2 is 1.81 bits per heavy atom. The number of likely N-dealkylation sites (tertiary alicyclic amines) is 1. The Bertz CT molecular complexity index is 1170. The number of thioether (sulfide) groups is 1. The standard InChI is InChI=1S/C24H26FN3O2S/c1-16-11-12-18(15-20(16)25)28-23(30)19-9-5-6-10-21(19)26-24(28)31-17(2)22(29)27-13-7-3-4-8-14-27/h5-6,9-12,15,17H,3-4,7-8,13-14H2,1-2H3. The highest BCUT2D eigenvalue weighted by molar-refractivity contribution is 8.00. The summed E-state index contributed by atoms with van der Waals surface area (Å²) in [6.45, 7) is 5.06. The molecule has 0 aliphatic carbocycles. The number of aromatic nitrogens is 2. The molecule has 1 fully saturated rings. The monoisotopic (exact) mass is 439 g/mol. The van der Waals surface area contributed by atoms with Gasteiger partial charge in [-0.25, -0.2) is 9.37 Å². The van der Waals surface area contributed by atoms with Crippen LogP contribution in [0, 0.1) is 12.7 Å². The highest BCUT2D eigenvalue weighted by Crippen LogP contribution is 2.27.